The van der Waals surface area contributed by atoms with Gasteiger partial charge in [0.2, 0.25) is 10.0 Å². The lowest BCUT2D eigenvalue weighted by molar-refractivity contribution is -0.125. The van der Waals surface area contributed by atoms with Crippen LogP contribution in [0.3, 0.4) is 0 Å². The van der Waals surface area contributed by atoms with Crippen LogP contribution in [-0.2, 0) is 19.6 Å². The molecule has 0 saturated heterocycles. The number of aryl methyl sites for hydroxylation is 1. The number of amides is 1. The smallest absolute Gasteiger partial charge is 0.338 e. The predicted octanol–water partition coefficient (Wildman–Crippen LogP) is 2.10. The van der Waals surface area contributed by atoms with E-state index in [9.17, 15) is 18.0 Å². The molecule has 0 bridgehead atoms. The molecule has 8 heteroatoms. The van der Waals surface area contributed by atoms with Crippen LogP contribution >= 0.6 is 0 Å². The molecular weight excluding hydrogens is 368 g/mol. The van der Waals surface area contributed by atoms with E-state index in [0.717, 1.165) is 12.8 Å². The molecule has 1 aromatic carbocycles. The largest absolute Gasteiger partial charge is 0.452 e. The molecule has 0 spiro atoms. The summed E-state index contributed by atoms with van der Waals surface area (Å²) in [4.78, 5) is 24.3. The van der Waals surface area contributed by atoms with Crippen LogP contribution < -0.4 is 5.32 Å². The van der Waals surface area contributed by atoms with Crippen molar-refractivity contribution in [2.75, 3.05) is 19.7 Å². The third-order valence-electron chi connectivity index (χ3n) is 4.82. The van der Waals surface area contributed by atoms with Crippen molar-refractivity contribution >= 4 is 21.9 Å². The first-order chi connectivity index (χ1) is 12.7. The summed E-state index contributed by atoms with van der Waals surface area (Å²) in [6, 6.07) is 4.43. The summed E-state index contributed by atoms with van der Waals surface area (Å²) in [6.07, 6.45) is 2.21. The summed E-state index contributed by atoms with van der Waals surface area (Å²) < 4.78 is 31.7. The first-order valence-electron chi connectivity index (χ1n) is 9.28. The van der Waals surface area contributed by atoms with Crippen molar-refractivity contribution in [1.29, 1.82) is 0 Å². The Morgan fingerprint density at radius 1 is 1.26 bits per heavy atom. The van der Waals surface area contributed by atoms with Crippen molar-refractivity contribution in [3.05, 3.63) is 29.3 Å². The van der Waals surface area contributed by atoms with Crippen molar-refractivity contribution < 1.29 is 22.7 Å². The molecule has 0 heterocycles. The molecule has 150 valence electrons. The molecule has 7 nitrogen and oxygen atoms in total. The van der Waals surface area contributed by atoms with Crippen LogP contribution in [0.15, 0.2) is 23.1 Å². The Bertz CT molecular complexity index is 798. The second-order valence-electron chi connectivity index (χ2n) is 6.84. The average Bonchev–Trinajstić information content (AvgIpc) is 3.45. The zero-order valence-electron chi connectivity index (χ0n) is 16.3. The van der Waals surface area contributed by atoms with Gasteiger partial charge in [-0.2, -0.15) is 4.31 Å². The number of sulfonamides is 1. The van der Waals surface area contributed by atoms with Gasteiger partial charge in [0.15, 0.2) is 6.61 Å². The molecule has 1 saturated carbocycles. The maximum atomic E-state index is 12.6. The quantitative estimate of drug-likeness (QED) is 0.645. The SMILES string of the molecule is CCN(CC)S(=O)(=O)c1ccc(C)c(C(=O)OCC(=O)N[C@H](C)C2CC2)c1. The average molecular weight is 397 g/mol. The Balaban J connectivity index is 2.08. The highest BCUT2D eigenvalue weighted by molar-refractivity contribution is 7.89. The summed E-state index contributed by atoms with van der Waals surface area (Å²) in [5.41, 5.74) is 0.733. The summed E-state index contributed by atoms with van der Waals surface area (Å²) in [5.74, 6) is -0.556. The summed E-state index contributed by atoms with van der Waals surface area (Å²) in [7, 11) is -3.68. The molecule has 1 amide bonds. The van der Waals surface area contributed by atoms with Crippen LogP contribution in [0, 0.1) is 12.8 Å². The minimum absolute atomic E-state index is 0.0376. The van der Waals surface area contributed by atoms with E-state index in [1.54, 1.807) is 26.8 Å². The summed E-state index contributed by atoms with van der Waals surface area (Å²) in [6.45, 7) is 7.43. The zero-order valence-corrected chi connectivity index (χ0v) is 17.1. The van der Waals surface area contributed by atoms with E-state index in [0.29, 0.717) is 24.6 Å². The molecule has 0 radical (unpaired) electrons. The highest BCUT2D eigenvalue weighted by Crippen LogP contribution is 2.32. The molecule has 0 unspecified atom stereocenters. The Morgan fingerprint density at radius 2 is 1.89 bits per heavy atom. The first kappa shape index (κ1) is 21.4. The normalized spacial score (nSPS) is 15.4. The number of carbonyl (C=O) groups is 2. The van der Waals surface area contributed by atoms with Gasteiger partial charge in [0, 0.05) is 19.1 Å². The van der Waals surface area contributed by atoms with Crippen molar-refractivity contribution in [2.24, 2.45) is 5.92 Å². The molecular formula is C19H28N2O5S. The summed E-state index contributed by atoms with van der Waals surface area (Å²) in [5, 5.41) is 2.81. The van der Waals surface area contributed by atoms with Gasteiger partial charge in [0.05, 0.1) is 10.5 Å². The monoisotopic (exact) mass is 396 g/mol. The Morgan fingerprint density at radius 3 is 2.44 bits per heavy atom. The van der Waals surface area contributed by atoms with Crippen LogP contribution in [-0.4, -0.2) is 50.3 Å². The van der Waals surface area contributed by atoms with Crippen LogP contribution in [0.1, 0.15) is 49.5 Å². The van der Waals surface area contributed by atoms with Crippen LogP contribution in [0.4, 0.5) is 0 Å². The van der Waals surface area contributed by atoms with E-state index in [-0.39, 0.29) is 29.0 Å². The number of esters is 1. The van der Waals surface area contributed by atoms with E-state index in [2.05, 4.69) is 5.32 Å². The second kappa shape index (κ2) is 8.84. The number of carbonyl (C=O) groups excluding carboxylic acids is 2. The van der Waals surface area contributed by atoms with Crippen LogP contribution in [0.25, 0.3) is 0 Å². The van der Waals surface area contributed by atoms with Gasteiger partial charge in [-0.25, -0.2) is 13.2 Å². The van der Waals surface area contributed by atoms with Crippen LogP contribution in [0.2, 0.25) is 0 Å². The highest BCUT2D eigenvalue weighted by Gasteiger charge is 2.29. The third-order valence-corrected chi connectivity index (χ3v) is 6.87. The van der Waals surface area contributed by atoms with E-state index >= 15 is 0 Å². The number of hydrogen-bond acceptors (Lipinski definition) is 5. The van der Waals surface area contributed by atoms with Gasteiger partial charge in [0.1, 0.15) is 0 Å². The fourth-order valence-corrected chi connectivity index (χ4v) is 4.40. The summed E-state index contributed by atoms with van der Waals surface area (Å²) >= 11 is 0. The third kappa shape index (κ3) is 5.29. The maximum absolute atomic E-state index is 12.6. The Kier molecular flexibility index (Phi) is 7.00. The number of benzene rings is 1. The molecule has 0 aromatic heterocycles. The molecule has 1 aliphatic rings. The minimum Gasteiger partial charge on any atom is -0.452 e. The van der Waals surface area contributed by atoms with Gasteiger partial charge >= 0.3 is 5.97 Å². The first-order valence-corrected chi connectivity index (χ1v) is 10.7. The van der Waals surface area contributed by atoms with Crippen molar-refractivity contribution in [3.8, 4) is 0 Å². The van der Waals surface area contributed by atoms with Crippen molar-refractivity contribution in [2.45, 2.75) is 51.5 Å². The van der Waals surface area contributed by atoms with Gasteiger partial charge in [0.25, 0.3) is 5.91 Å². The number of hydrogen-bond donors (Lipinski definition) is 1. The number of ether oxygens (including phenoxy) is 1. The van der Waals surface area contributed by atoms with Gasteiger partial charge in [-0.15, -0.1) is 0 Å². The number of nitrogens with zero attached hydrogens (tertiary/aromatic N) is 1. The van der Waals surface area contributed by atoms with E-state index < -0.39 is 16.0 Å². The molecule has 1 N–H and O–H groups in total. The predicted molar refractivity (Wildman–Crippen MR) is 102 cm³/mol. The van der Waals surface area contributed by atoms with Gasteiger partial charge in [-0.3, -0.25) is 4.79 Å². The molecule has 1 fully saturated rings. The second-order valence-corrected chi connectivity index (χ2v) is 8.77. The fraction of sp³-hybridized carbons (Fsp3) is 0.579. The van der Waals surface area contributed by atoms with E-state index in [4.69, 9.17) is 4.74 Å². The fourth-order valence-electron chi connectivity index (χ4n) is 2.91. The lowest BCUT2D eigenvalue weighted by Gasteiger charge is -2.19. The van der Waals surface area contributed by atoms with Crippen molar-refractivity contribution in [3.63, 3.8) is 0 Å². The zero-order chi connectivity index (χ0) is 20.2. The van der Waals surface area contributed by atoms with Crippen LogP contribution in [0.5, 0.6) is 0 Å². The molecule has 1 aliphatic carbocycles. The van der Waals surface area contributed by atoms with Gasteiger partial charge in [-0.1, -0.05) is 19.9 Å². The molecule has 2 rings (SSSR count). The van der Waals surface area contributed by atoms with E-state index in [1.165, 1.54) is 16.4 Å². The van der Waals surface area contributed by atoms with Crippen molar-refractivity contribution in [1.82, 2.24) is 9.62 Å². The molecule has 1 atom stereocenters. The molecule has 27 heavy (non-hydrogen) atoms. The van der Waals surface area contributed by atoms with Gasteiger partial charge < -0.3 is 10.1 Å². The topological polar surface area (TPSA) is 92.8 Å². The Labute approximate surface area is 161 Å². The number of rotatable bonds is 9. The highest BCUT2D eigenvalue weighted by atomic mass is 32.2. The Hall–Kier alpha value is -1.93. The maximum Gasteiger partial charge on any atom is 0.338 e. The lowest BCUT2D eigenvalue weighted by Crippen LogP contribution is -2.37. The molecule has 0 aliphatic heterocycles. The number of nitrogens with one attached hydrogen (secondary N) is 1. The lowest BCUT2D eigenvalue weighted by atomic mass is 10.1. The minimum atomic E-state index is -3.68. The standard InChI is InChI=1S/C19H28N2O5S/c1-5-21(6-2)27(24,25)16-10-7-13(3)17(11-16)19(23)26-12-18(22)20-14(4)15-8-9-15/h7,10-11,14-15H,5-6,8-9,12H2,1-4H3,(H,20,22)/t14-/m1/s1. The van der Waals surface area contributed by atoms with Gasteiger partial charge in [-0.05, 0) is 50.3 Å². The van der Waals surface area contributed by atoms with E-state index in [1.807, 2.05) is 6.92 Å². The molecule has 1 aromatic rings.